The molecule has 1 N–H and O–H groups in total. The summed E-state index contributed by atoms with van der Waals surface area (Å²) in [4.78, 5) is 24.6. The summed E-state index contributed by atoms with van der Waals surface area (Å²) in [6, 6.07) is 11.0. The molecular weight excluding hydrogens is 292 g/mol. The number of Topliss-reactive ketones (excluding diaryl/α,β-unsaturated/α-hetero) is 2. The van der Waals surface area contributed by atoms with Crippen LogP contribution < -0.4 is 4.74 Å². The Balaban J connectivity index is 2.21. The van der Waals surface area contributed by atoms with E-state index in [1.54, 1.807) is 31.4 Å². The summed E-state index contributed by atoms with van der Waals surface area (Å²) < 4.78 is 5.16. The molecule has 0 saturated carbocycles. The first kappa shape index (κ1) is 16.5. The summed E-state index contributed by atoms with van der Waals surface area (Å²) >= 11 is 0. The molecule has 0 unspecified atom stereocenters. The third-order valence-corrected chi connectivity index (χ3v) is 3.49. The number of phenols is 1. The van der Waals surface area contributed by atoms with Gasteiger partial charge in [-0.3, -0.25) is 9.59 Å². The van der Waals surface area contributed by atoms with Gasteiger partial charge in [0.15, 0.2) is 11.6 Å². The van der Waals surface area contributed by atoms with Gasteiger partial charge in [-0.05, 0) is 54.4 Å². The van der Waals surface area contributed by atoms with Crippen molar-refractivity contribution in [2.45, 2.75) is 12.8 Å². The Bertz CT molecular complexity index is 730. The van der Waals surface area contributed by atoms with Crippen LogP contribution in [0.3, 0.4) is 0 Å². The van der Waals surface area contributed by atoms with Gasteiger partial charge >= 0.3 is 0 Å². The monoisotopic (exact) mass is 310 g/mol. The predicted octanol–water partition coefficient (Wildman–Crippen LogP) is 3.59. The highest BCUT2D eigenvalue weighted by Crippen LogP contribution is 2.21. The van der Waals surface area contributed by atoms with Crippen molar-refractivity contribution >= 4 is 11.6 Å². The maximum Gasteiger partial charge on any atom is 0.170 e. The molecule has 0 aliphatic carbocycles. The van der Waals surface area contributed by atoms with Crippen LogP contribution in [-0.2, 0) is 6.42 Å². The minimum atomic E-state index is -0.282. The number of benzene rings is 2. The van der Waals surface area contributed by atoms with Crippen LogP contribution in [0.4, 0.5) is 0 Å². The third-order valence-electron chi connectivity index (χ3n) is 3.49. The highest BCUT2D eigenvalue weighted by molar-refractivity contribution is 6.14. The van der Waals surface area contributed by atoms with E-state index in [1.807, 2.05) is 0 Å². The molecular formula is C19H18O4. The highest BCUT2D eigenvalue weighted by atomic mass is 16.5. The first-order chi connectivity index (χ1) is 11.0. The normalized spacial score (nSPS) is 10.1. The number of allylic oxidation sites excluding steroid dienone is 1. The molecule has 23 heavy (non-hydrogen) atoms. The second-order valence-corrected chi connectivity index (χ2v) is 5.09. The fourth-order valence-electron chi connectivity index (χ4n) is 2.28. The summed E-state index contributed by atoms with van der Waals surface area (Å²) in [5.74, 6) is 0.206. The molecule has 0 saturated heterocycles. The first-order valence-corrected chi connectivity index (χ1v) is 7.18. The molecule has 2 aromatic carbocycles. The molecule has 0 spiro atoms. The molecule has 4 heteroatoms. The molecule has 0 aromatic heterocycles. The number of ketones is 2. The van der Waals surface area contributed by atoms with E-state index in [-0.39, 0.29) is 23.7 Å². The maximum atomic E-state index is 12.4. The molecule has 0 heterocycles. The zero-order valence-electron chi connectivity index (χ0n) is 12.9. The predicted molar refractivity (Wildman–Crippen MR) is 88.3 cm³/mol. The van der Waals surface area contributed by atoms with E-state index in [2.05, 4.69) is 6.58 Å². The van der Waals surface area contributed by atoms with Crippen molar-refractivity contribution in [2.75, 3.05) is 7.11 Å². The first-order valence-electron chi connectivity index (χ1n) is 7.18. The number of carbonyl (C=O) groups is 2. The maximum absolute atomic E-state index is 12.4. The van der Waals surface area contributed by atoms with Gasteiger partial charge in [0.05, 0.1) is 13.5 Å². The van der Waals surface area contributed by atoms with Crippen LogP contribution in [0.5, 0.6) is 11.5 Å². The van der Waals surface area contributed by atoms with Crippen molar-refractivity contribution < 1.29 is 19.4 Å². The number of hydrogen-bond acceptors (Lipinski definition) is 4. The lowest BCUT2D eigenvalue weighted by Crippen LogP contribution is -2.10. The molecule has 0 aliphatic rings. The van der Waals surface area contributed by atoms with Gasteiger partial charge in [0.1, 0.15) is 11.5 Å². The Hall–Kier alpha value is -2.88. The SMILES string of the molecule is C=CCc1cc(OC)ccc1C(=O)CC(=O)c1ccc(O)cc1. The fraction of sp³-hybridized carbons (Fsp3) is 0.158. The standard InChI is InChI=1S/C19H18O4/c1-3-4-14-11-16(23-2)9-10-17(14)19(22)12-18(21)13-5-7-15(20)8-6-13/h3,5-11,20H,1,4,12H2,2H3. The number of carbonyl (C=O) groups excluding carboxylic acids is 2. The molecule has 2 rings (SSSR count). The Morgan fingerprint density at radius 2 is 1.83 bits per heavy atom. The van der Waals surface area contributed by atoms with E-state index in [0.29, 0.717) is 23.3 Å². The fourth-order valence-corrected chi connectivity index (χ4v) is 2.28. The van der Waals surface area contributed by atoms with Gasteiger partial charge in [0.2, 0.25) is 0 Å². The molecule has 0 radical (unpaired) electrons. The third kappa shape index (κ3) is 4.07. The number of aromatic hydroxyl groups is 1. The molecule has 0 atom stereocenters. The lowest BCUT2D eigenvalue weighted by atomic mass is 9.96. The average Bonchev–Trinajstić information content (AvgIpc) is 2.55. The lowest BCUT2D eigenvalue weighted by molar-refractivity contribution is 0.0894. The Morgan fingerprint density at radius 3 is 2.43 bits per heavy atom. The summed E-state index contributed by atoms with van der Waals surface area (Å²) in [6.45, 7) is 3.69. The van der Waals surface area contributed by atoms with E-state index >= 15 is 0 Å². The molecule has 0 amide bonds. The van der Waals surface area contributed by atoms with E-state index in [0.717, 1.165) is 5.56 Å². The van der Waals surface area contributed by atoms with Crippen LogP contribution in [0.1, 0.15) is 32.7 Å². The topological polar surface area (TPSA) is 63.6 Å². The quantitative estimate of drug-likeness (QED) is 0.482. The van der Waals surface area contributed by atoms with Gasteiger partial charge in [-0.2, -0.15) is 0 Å². The van der Waals surface area contributed by atoms with Gasteiger partial charge in [-0.1, -0.05) is 6.08 Å². The van der Waals surface area contributed by atoms with Gasteiger partial charge in [-0.15, -0.1) is 6.58 Å². The van der Waals surface area contributed by atoms with Crippen molar-refractivity contribution in [3.8, 4) is 11.5 Å². The Morgan fingerprint density at radius 1 is 1.13 bits per heavy atom. The van der Waals surface area contributed by atoms with Gasteiger partial charge < -0.3 is 9.84 Å². The molecule has 0 fully saturated rings. The van der Waals surface area contributed by atoms with Gasteiger partial charge in [0.25, 0.3) is 0 Å². The number of ether oxygens (including phenoxy) is 1. The summed E-state index contributed by atoms with van der Waals surface area (Å²) in [7, 11) is 1.56. The number of methoxy groups -OCH3 is 1. The zero-order chi connectivity index (χ0) is 16.8. The van der Waals surface area contributed by atoms with Crippen molar-refractivity contribution in [2.24, 2.45) is 0 Å². The number of phenolic OH excluding ortho intramolecular Hbond substituents is 1. The van der Waals surface area contributed by atoms with Gasteiger partial charge in [0, 0.05) is 11.1 Å². The van der Waals surface area contributed by atoms with Crippen LogP contribution in [0.25, 0.3) is 0 Å². The summed E-state index contributed by atoms with van der Waals surface area (Å²) in [5.41, 5.74) is 1.68. The highest BCUT2D eigenvalue weighted by Gasteiger charge is 2.17. The van der Waals surface area contributed by atoms with Crippen molar-refractivity contribution in [3.63, 3.8) is 0 Å². The second-order valence-electron chi connectivity index (χ2n) is 5.09. The van der Waals surface area contributed by atoms with Crippen molar-refractivity contribution in [3.05, 3.63) is 71.8 Å². The molecule has 118 valence electrons. The van der Waals surface area contributed by atoms with E-state index in [4.69, 9.17) is 4.74 Å². The van der Waals surface area contributed by atoms with Crippen LogP contribution in [-0.4, -0.2) is 23.8 Å². The molecule has 0 aliphatic heterocycles. The van der Waals surface area contributed by atoms with Crippen molar-refractivity contribution in [1.29, 1.82) is 0 Å². The average molecular weight is 310 g/mol. The Kier molecular flexibility index (Phi) is 5.31. The molecule has 0 bridgehead atoms. The number of hydrogen-bond donors (Lipinski definition) is 1. The molecule has 4 nitrogen and oxygen atoms in total. The second kappa shape index (κ2) is 7.40. The summed E-state index contributed by atoms with van der Waals surface area (Å²) in [5, 5.41) is 9.24. The largest absolute Gasteiger partial charge is 0.508 e. The Labute approximate surface area is 135 Å². The van der Waals surface area contributed by atoms with E-state index < -0.39 is 0 Å². The molecule has 2 aromatic rings. The van der Waals surface area contributed by atoms with E-state index in [1.165, 1.54) is 24.3 Å². The van der Waals surface area contributed by atoms with Crippen LogP contribution in [0, 0.1) is 0 Å². The van der Waals surface area contributed by atoms with Crippen LogP contribution >= 0.6 is 0 Å². The van der Waals surface area contributed by atoms with E-state index in [9.17, 15) is 14.7 Å². The van der Waals surface area contributed by atoms with Crippen LogP contribution in [0.15, 0.2) is 55.1 Å². The summed E-state index contributed by atoms with van der Waals surface area (Å²) in [6.07, 6.45) is 2.00. The van der Waals surface area contributed by atoms with Gasteiger partial charge in [-0.25, -0.2) is 0 Å². The van der Waals surface area contributed by atoms with Crippen LogP contribution in [0.2, 0.25) is 0 Å². The van der Waals surface area contributed by atoms with Crippen molar-refractivity contribution in [1.82, 2.24) is 0 Å². The minimum absolute atomic E-state index is 0.0799. The smallest absolute Gasteiger partial charge is 0.170 e. The minimum Gasteiger partial charge on any atom is -0.508 e. The number of rotatable bonds is 7. The lowest BCUT2D eigenvalue weighted by Gasteiger charge is -2.09. The zero-order valence-corrected chi connectivity index (χ0v) is 12.9.